The van der Waals surface area contributed by atoms with E-state index < -0.39 is 0 Å². The lowest BCUT2D eigenvalue weighted by Crippen LogP contribution is -2.35. The minimum atomic E-state index is -0.0656. The maximum absolute atomic E-state index is 5.75. The van der Waals surface area contributed by atoms with Crippen LogP contribution in [0.25, 0.3) is 0 Å². The van der Waals surface area contributed by atoms with Crippen molar-refractivity contribution in [3.63, 3.8) is 0 Å². The summed E-state index contributed by atoms with van der Waals surface area (Å²) in [5.41, 5.74) is 1.22. The van der Waals surface area contributed by atoms with Gasteiger partial charge in [-0.1, -0.05) is 20.8 Å². The molecule has 5 nitrogen and oxygen atoms in total. The van der Waals surface area contributed by atoms with Crippen LogP contribution in [-0.4, -0.2) is 43.4 Å². The molecule has 0 saturated carbocycles. The van der Waals surface area contributed by atoms with Crippen molar-refractivity contribution in [3.05, 3.63) is 17.6 Å². The average molecular weight is 319 g/mol. The second-order valence-electron chi connectivity index (χ2n) is 8.05. The van der Waals surface area contributed by atoms with Gasteiger partial charge < -0.3 is 14.4 Å². The van der Waals surface area contributed by atoms with Crippen LogP contribution in [0.2, 0.25) is 0 Å². The maximum Gasteiger partial charge on any atom is 0.136 e. The van der Waals surface area contributed by atoms with Gasteiger partial charge >= 0.3 is 0 Å². The van der Waals surface area contributed by atoms with Gasteiger partial charge in [0.15, 0.2) is 0 Å². The highest BCUT2D eigenvalue weighted by molar-refractivity contribution is 5.42. The van der Waals surface area contributed by atoms with Gasteiger partial charge in [0.2, 0.25) is 0 Å². The van der Waals surface area contributed by atoms with Gasteiger partial charge in [0.1, 0.15) is 11.6 Å². The van der Waals surface area contributed by atoms with Gasteiger partial charge in [0.25, 0.3) is 0 Å². The molecular formula is C18H29N3O2. The van der Waals surface area contributed by atoms with Gasteiger partial charge in [-0.05, 0) is 19.3 Å². The monoisotopic (exact) mass is 319 g/mol. The van der Waals surface area contributed by atoms with Crippen LogP contribution in [0.5, 0.6) is 0 Å². The van der Waals surface area contributed by atoms with Crippen LogP contribution in [0.3, 0.4) is 0 Å². The molecule has 0 aliphatic carbocycles. The number of hydrogen-bond donors (Lipinski definition) is 0. The standard InChI is InChI=1S/C18H29N3O2/c1-17(2,3)16-19-14(11-22-4)10-15(20-16)21-8-7-18(12-21)6-5-9-23-13-18/h10H,5-9,11-13H2,1-4H3. The van der Waals surface area contributed by atoms with Crippen LogP contribution in [-0.2, 0) is 21.5 Å². The topological polar surface area (TPSA) is 47.5 Å². The normalized spacial score (nSPS) is 25.3. The van der Waals surface area contributed by atoms with Crippen LogP contribution in [0, 0.1) is 5.41 Å². The summed E-state index contributed by atoms with van der Waals surface area (Å²) < 4.78 is 11.0. The lowest BCUT2D eigenvalue weighted by molar-refractivity contribution is 0.00436. The summed E-state index contributed by atoms with van der Waals surface area (Å²) in [6.45, 7) is 10.9. The molecule has 2 fully saturated rings. The highest BCUT2D eigenvalue weighted by Gasteiger charge is 2.40. The quantitative estimate of drug-likeness (QED) is 0.857. The first-order valence-corrected chi connectivity index (χ1v) is 8.62. The summed E-state index contributed by atoms with van der Waals surface area (Å²) in [7, 11) is 1.71. The smallest absolute Gasteiger partial charge is 0.136 e. The van der Waals surface area contributed by atoms with Crippen molar-refractivity contribution in [1.82, 2.24) is 9.97 Å². The SMILES string of the molecule is COCc1cc(N2CCC3(CCCOC3)C2)nc(C(C)(C)C)n1. The third kappa shape index (κ3) is 3.66. The fraction of sp³-hybridized carbons (Fsp3) is 0.778. The Hall–Kier alpha value is -1.20. The molecule has 0 amide bonds. The number of ether oxygens (including phenoxy) is 2. The predicted molar refractivity (Wildman–Crippen MR) is 90.8 cm³/mol. The Balaban J connectivity index is 1.85. The van der Waals surface area contributed by atoms with Crippen LogP contribution >= 0.6 is 0 Å². The number of anilines is 1. The highest BCUT2D eigenvalue weighted by atomic mass is 16.5. The third-order valence-corrected chi connectivity index (χ3v) is 4.90. The first-order chi connectivity index (χ1) is 10.9. The molecule has 0 aromatic carbocycles. The molecule has 1 aromatic heterocycles. The average Bonchev–Trinajstić information content (AvgIpc) is 2.91. The van der Waals surface area contributed by atoms with Gasteiger partial charge in [0, 0.05) is 43.7 Å². The minimum Gasteiger partial charge on any atom is -0.381 e. The molecule has 128 valence electrons. The van der Waals surface area contributed by atoms with Crippen molar-refractivity contribution < 1.29 is 9.47 Å². The van der Waals surface area contributed by atoms with Crippen LogP contribution in [0.4, 0.5) is 5.82 Å². The van der Waals surface area contributed by atoms with Crippen molar-refractivity contribution in [2.24, 2.45) is 5.41 Å². The van der Waals surface area contributed by atoms with E-state index in [1.165, 1.54) is 19.3 Å². The highest BCUT2D eigenvalue weighted by Crippen LogP contribution is 2.39. The van der Waals surface area contributed by atoms with Crippen molar-refractivity contribution in [2.45, 2.75) is 52.1 Å². The number of methoxy groups -OCH3 is 1. The first kappa shape index (κ1) is 16.7. The van der Waals surface area contributed by atoms with E-state index in [0.717, 1.165) is 43.6 Å². The zero-order chi connectivity index (χ0) is 16.5. The molecular weight excluding hydrogens is 290 g/mol. The Labute approximate surface area is 139 Å². The molecule has 2 aliphatic rings. The molecule has 0 radical (unpaired) electrons. The summed E-state index contributed by atoms with van der Waals surface area (Å²) in [5.74, 6) is 1.93. The van der Waals surface area contributed by atoms with E-state index in [2.05, 4.69) is 36.7 Å². The van der Waals surface area contributed by atoms with Crippen molar-refractivity contribution in [3.8, 4) is 0 Å². The van der Waals surface area contributed by atoms with Gasteiger partial charge in [0.05, 0.1) is 18.9 Å². The second kappa shape index (κ2) is 6.36. The molecule has 3 rings (SSSR count). The molecule has 1 unspecified atom stereocenters. The number of hydrogen-bond acceptors (Lipinski definition) is 5. The largest absolute Gasteiger partial charge is 0.381 e. The lowest BCUT2D eigenvalue weighted by atomic mass is 9.82. The van der Waals surface area contributed by atoms with E-state index in [9.17, 15) is 0 Å². The Morgan fingerprint density at radius 2 is 2.13 bits per heavy atom. The van der Waals surface area contributed by atoms with E-state index in [1.54, 1.807) is 7.11 Å². The van der Waals surface area contributed by atoms with Crippen LogP contribution < -0.4 is 4.90 Å². The number of nitrogens with zero attached hydrogens (tertiary/aromatic N) is 3. The zero-order valence-electron chi connectivity index (χ0n) is 14.9. The molecule has 1 spiro atoms. The molecule has 3 heterocycles. The molecule has 2 aliphatic heterocycles. The Morgan fingerprint density at radius 3 is 2.78 bits per heavy atom. The van der Waals surface area contributed by atoms with Gasteiger partial charge in [-0.15, -0.1) is 0 Å². The molecule has 23 heavy (non-hydrogen) atoms. The molecule has 1 atom stereocenters. The van der Waals surface area contributed by atoms with Gasteiger partial charge in [-0.3, -0.25) is 0 Å². The van der Waals surface area contributed by atoms with Crippen molar-refractivity contribution in [1.29, 1.82) is 0 Å². The number of rotatable bonds is 3. The zero-order valence-corrected chi connectivity index (χ0v) is 14.9. The van der Waals surface area contributed by atoms with Crippen LogP contribution in [0.1, 0.15) is 51.6 Å². The van der Waals surface area contributed by atoms with Crippen molar-refractivity contribution >= 4 is 5.82 Å². The Kier molecular flexibility index (Phi) is 4.61. The molecule has 5 heteroatoms. The van der Waals surface area contributed by atoms with Crippen molar-refractivity contribution in [2.75, 3.05) is 38.3 Å². The van der Waals surface area contributed by atoms with E-state index in [-0.39, 0.29) is 5.41 Å². The summed E-state index contributed by atoms with van der Waals surface area (Å²) in [4.78, 5) is 12.0. The van der Waals surface area contributed by atoms with Crippen LogP contribution in [0.15, 0.2) is 6.07 Å². The van der Waals surface area contributed by atoms with Gasteiger partial charge in [-0.25, -0.2) is 9.97 Å². The molecule has 1 aromatic rings. The maximum atomic E-state index is 5.75. The fourth-order valence-corrected chi connectivity index (χ4v) is 3.56. The summed E-state index contributed by atoms with van der Waals surface area (Å²) in [6, 6.07) is 2.08. The predicted octanol–water partition coefficient (Wildman–Crippen LogP) is 2.93. The first-order valence-electron chi connectivity index (χ1n) is 8.62. The summed E-state index contributed by atoms with van der Waals surface area (Å²) in [6.07, 6.45) is 3.65. The van der Waals surface area contributed by atoms with E-state index in [0.29, 0.717) is 12.0 Å². The van der Waals surface area contributed by atoms with Gasteiger partial charge in [-0.2, -0.15) is 0 Å². The summed E-state index contributed by atoms with van der Waals surface area (Å²) >= 11 is 0. The second-order valence-corrected chi connectivity index (χ2v) is 8.05. The molecule has 0 N–H and O–H groups in total. The molecule has 2 saturated heterocycles. The third-order valence-electron chi connectivity index (χ3n) is 4.90. The van der Waals surface area contributed by atoms with E-state index >= 15 is 0 Å². The molecule has 0 bridgehead atoms. The fourth-order valence-electron chi connectivity index (χ4n) is 3.56. The Morgan fingerprint density at radius 1 is 1.30 bits per heavy atom. The summed E-state index contributed by atoms with van der Waals surface area (Å²) in [5, 5.41) is 0. The van der Waals surface area contributed by atoms with E-state index in [4.69, 9.17) is 14.5 Å². The minimum absolute atomic E-state index is 0.0656. The van der Waals surface area contributed by atoms with E-state index in [1.807, 2.05) is 0 Å². The lowest BCUT2D eigenvalue weighted by Gasteiger charge is -2.33. The number of aromatic nitrogens is 2. The Bertz CT molecular complexity index is 548.